The summed E-state index contributed by atoms with van der Waals surface area (Å²) in [5.74, 6) is 1.26. The van der Waals surface area contributed by atoms with Crippen LogP contribution in [0.25, 0.3) is 16.3 Å². The maximum atomic E-state index is 12.3. The number of aromatic nitrogens is 1. The fourth-order valence-corrected chi connectivity index (χ4v) is 5.79. The van der Waals surface area contributed by atoms with E-state index in [4.69, 9.17) is 9.15 Å². The van der Waals surface area contributed by atoms with Crippen molar-refractivity contribution in [3.63, 3.8) is 0 Å². The molecule has 5 rings (SSSR count). The summed E-state index contributed by atoms with van der Waals surface area (Å²) in [5, 5.41) is 4.05. The lowest BCUT2D eigenvalue weighted by Crippen LogP contribution is -2.19. The predicted octanol–water partition coefficient (Wildman–Crippen LogP) is 6.33. The van der Waals surface area contributed by atoms with Crippen LogP contribution in [0.1, 0.15) is 12.7 Å². The highest BCUT2D eigenvalue weighted by atomic mass is 32.2. The molecule has 9 heteroatoms. The smallest absolute Gasteiger partial charge is 0.264 e. The second-order valence-corrected chi connectivity index (χ2v) is 9.93. The van der Waals surface area contributed by atoms with Gasteiger partial charge >= 0.3 is 0 Å². The number of nitrogens with zero attached hydrogens (tertiary/aromatic N) is 2. The van der Waals surface area contributed by atoms with E-state index in [0.717, 1.165) is 26.0 Å². The quantitative estimate of drug-likeness (QED) is 0.326. The first-order valence-corrected chi connectivity index (χ1v) is 12.3. The molecule has 32 heavy (non-hydrogen) atoms. The molecule has 0 radical (unpaired) electrons. The maximum absolute atomic E-state index is 12.3. The molecular formula is C23H17N3O3S3. The van der Waals surface area contributed by atoms with Gasteiger partial charge in [0.1, 0.15) is 11.5 Å². The monoisotopic (exact) mass is 479 g/mol. The van der Waals surface area contributed by atoms with Crippen molar-refractivity contribution in [3.8, 4) is 5.75 Å². The van der Waals surface area contributed by atoms with Crippen LogP contribution in [0.2, 0.25) is 0 Å². The SMILES string of the molecule is CCOc1ccc2nc(Sc3ccc(/C=C4\SC(=Nc5ccccc5)NC4=O)o3)sc2c1. The highest BCUT2D eigenvalue weighted by molar-refractivity contribution is 8.18. The van der Waals surface area contributed by atoms with Crippen molar-refractivity contribution in [2.24, 2.45) is 4.99 Å². The summed E-state index contributed by atoms with van der Waals surface area (Å²) in [5.41, 5.74) is 1.72. The second kappa shape index (κ2) is 9.23. The van der Waals surface area contributed by atoms with Gasteiger partial charge in [-0.05, 0) is 72.9 Å². The van der Waals surface area contributed by atoms with Crippen molar-refractivity contribution in [1.82, 2.24) is 10.3 Å². The lowest BCUT2D eigenvalue weighted by Gasteiger charge is -2.00. The van der Waals surface area contributed by atoms with Crippen molar-refractivity contribution in [2.45, 2.75) is 16.4 Å². The molecular weight excluding hydrogens is 462 g/mol. The van der Waals surface area contributed by atoms with E-state index in [1.54, 1.807) is 17.4 Å². The molecule has 1 aliphatic rings. The van der Waals surface area contributed by atoms with E-state index < -0.39 is 0 Å². The summed E-state index contributed by atoms with van der Waals surface area (Å²) >= 11 is 4.33. The normalized spacial score (nSPS) is 16.2. The van der Waals surface area contributed by atoms with Gasteiger partial charge in [-0.25, -0.2) is 9.98 Å². The Morgan fingerprint density at radius 2 is 2.06 bits per heavy atom. The van der Waals surface area contributed by atoms with E-state index >= 15 is 0 Å². The minimum atomic E-state index is -0.188. The van der Waals surface area contributed by atoms with E-state index in [2.05, 4.69) is 15.3 Å². The van der Waals surface area contributed by atoms with E-state index in [9.17, 15) is 4.79 Å². The molecule has 1 aliphatic heterocycles. The van der Waals surface area contributed by atoms with Gasteiger partial charge in [0, 0.05) is 6.08 Å². The third-order valence-electron chi connectivity index (χ3n) is 4.35. The molecule has 0 bridgehead atoms. The van der Waals surface area contributed by atoms with Gasteiger partial charge in [-0.3, -0.25) is 4.79 Å². The van der Waals surface area contributed by atoms with E-state index in [1.807, 2.05) is 67.6 Å². The number of aliphatic imine (C=N–C) groups is 1. The van der Waals surface area contributed by atoms with Crippen LogP contribution in [-0.4, -0.2) is 22.7 Å². The van der Waals surface area contributed by atoms with E-state index in [-0.39, 0.29) is 5.91 Å². The highest BCUT2D eigenvalue weighted by Gasteiger charge is 2.24. The summed E-state index contributed by atoms with van der Waals surface area (Å²) in [6.45, 7) is 2.60. The summed E-state index contributed by atoms with van der Waals surface area (Å²) in [7, 11) is 0. The zero-order valence-electron chi connectivity index (χ0n) is 16.9. The molecule has 0 spiro atoms. The Morgan fingerprint density at radius 1 is 1.19 bits per heavy atom. The number of thioether (sulfide) groups is 1. The number of para-hydroxylation sites is 1. The molecule has 1 amide bonds. The van der Waals surface area contributed by atoms with Crippen LogP contribution >= 0.6 is 34.9 Å². The number of furan rings is 1. The summed E-state index contributed by atoms with van der Waals surface area (Å²) in [6, 6.07) is 19.1. The number of rotatable bonds is 6. The van der Waals surface area contributed by atoms with Gasteiger partial charge in [-0.1, -0.05) is 18.2 Å². The third-order valence-corrected chi connectivity index (χ3v) is 7.26. The number of nitrogens with one attached hydrogen (secondary N) is 1. The Morgan fingerprint density at radius 3 is 2.91 bits per heavy atom. The molecule has 2 aromatic carbocycles. The minimum Gasteiger partial charge on any atom is -0.494 e. The Bertz CT molecular complexity index is 1340. The van der Waals surface area contributed by atoms with Gasteiger partial charge in [0.05, 0.1) is 27.4 Å². The number of benzene rings is 2. The molecule has 0 saturated carbocycles. The molecule has 6 nitrogen and oxygen atoms in total. The number of fused-ring (bicyclic) bond motifs is 1. The number of amidine groups is 1. The molecule has 1 fully saturated rings. The number of ether oxygens (including phenoxy) is 1. The standard InChI is InChI=1S/C23H17N3O3S3/c1-2-28-15-8-10-17-18(12-15)31-23(25-17)32-20-11-9-16(29-20)13-19-21(27)26-22(30-19)24-14-6-4-3-5-7-14/h3-13H,2H2,1H3,(H,24,26,27)/b19-13-. The first-order chi connectivity index (χ1) is 15.7. The van der Waals surface area contributed by atoms with Gasteiger partial charge in [0.25, 0.3) is 5.91 Å². The molecule has 3 heterocycles. The van der Waals surface area contributed by atoms with Crippen molar-refractivity contribution in [1.29, 1.82) is 0 Å². The number of amides is 1. The van der Waals surface area contributed by atoms with Crippen LogP contribution in [-0.2, 0) is 4.79 Å². The number of hydrogen-bond donors (Lipinski definition) is 1. The summed E-state index contributed by atoms with van der Waals surface area (Å²) in [6.07, 6.45) is 1.73. The first kappa shape index (κ1) is 20.9. The van der Waals surface area contributed by atoms with Crippen LogP contribution in [0.4, 0.5) is 5.69 Å². The average Bonchev–Trinajstić information content (AvgIpc) is 3.48. The maximum Gasteiger partial charge on any atom is 0.264 e. The van der Waals surface area contributed by atoms with Crippen LogP contribution in [0.5, 0.6) is 5.75 Å². The van der Waals surface area contributed by atoms with Crippen LogP contribution in [0, 0.1) is 0 Å². The van der Waals surface area contributed by atoms with Gasteiger partial charge in [-0.2, -0.15) is 0 Å². The van der Waals surface area contributed by atoms with E-state index in [0.29, 0.717) is 27.5 Å². The molecule has 1 saturated heterocycles. The highest BCUT2D eigenvalue weighted by Crippen LogP contribution is 2.37. The summed E-state index contributed by atoms with van der Waals surface area (Å²) < 4.78 is 13.4. The first-order valence-electron chi connectivity index (χ1n) is 9.82. The molecule has 0 unspecified atom stereocenters. The van der Waals surface area contributed by atoms with Crippen molar-refractivity contribution >= 4 is 67.9 Å². The largest absolute Gasteiger partial charge is 0.494 e. The van der Waals surface area contributed by atoms with E-state index in [1.165, 1.54) is 23.5 Å². The number of hydrogen-bond acceptors (Lipinski definition) is 8. The van der Waals surface area contributed by atoms with Gasteiger partial charge < -0.3 is 14.5 Å². The van der Waals surface area contributed by atoms with Crippen molar-refractivity contribution < 1.29 is 13.9 Å². The number of carbonyl (C=O) groups excluding carboxylic acids is 1. The van der Waals surface area contributed by atoms with Crippen LogP contribution in [0.3, 0.4) is 0 Å². The van der Waals surface area contributed by atoms with Crippen LogP contribution in [0.15, 0.2) is 84.4 Å². The Kier molecular flexibility index (Phi) is 6.02. The molecule has 160 valence electrons. The Labute approximate surface area is 196 Å². The zero-order chi connectivity index (χ0) is 21.9. The van der Waals surface area contributed by atoms with Gasteiger partial charge in [0.15, 0.2) is 14.6 Å². The van der Waals surface area contributed by atoms with Crippen molar-refractivity contribution in [2.75, 3.05) is 6.61 Å². The minimum absolute atomic E-state index is 0.188. The Hall–Kier alpha value is -3.01. The second-order valence-electron chi connectivity index (χ2n) is 6.62. The van der Waals surface area contributed by atoms with Gasteiger partial charge in [-0.15, -0.1) is 11.3 Å². The number of thiazole rings is 1. The fourth-order valence-electron chi connectivity index (χ4n) is 2.97. The molecule has 0 aliphatic carbocycles. The topological polar surface area (TPSA) is 76.7 Å². The molecule has 1 N–H and O–H groups in total. The van der Waals surface area contributed by atoms with Gasteiger partial charge in [0.2, 0.25) is 0 Å². The molecule has 4 aromatic rings. The molecule has 2 aromatic heterocycles. The average molecular weight is 480 g/mol. The van der Waals surface area contributed by atoms with Crippen LogP contribution < -0.4 is 10.1 Å². The lowest BCUT2D eigenvalue weighted by molar-refractivity contribution is -0.115. The zero-order valence-corrected chi connectivity index (χ0v) is 19.4. The number of carbonyl (C=O) groups is 1. The lowest BCUT2D eigenvalue weighted by atomic mass is 10.3. The fraction of sp³-hybridized carbons (Fsp3) is 0.0870. The summed E-state index contributed by atoms with van der Waals surface area (Å²) in [4.78, 5) is 21.9. The predicted molar refractivity (Wildman–Crippen MR) is 131 cm³/mol. The third kappa shape index (κ3) is 4.74. The molecule has 0 atom stereocenters. The van der Waals surface area contributed by atoms with Crippen molar-refractivity contribution in [3.05, 3.63) is 71.3 Å². The Balaban J connectivity index is 1.29.